The third kappa shape index (κ3) is 2.86. The van der Waals surface area contributed by atoms with E-state index >= 15 is 0 Å². The molecule has 0 aliphatic rings. The highest BCUT2D eigenvalue weighted by atomic mass is 19.1. The Hall–Kier alpha value is -2.60. The quantitative estimate of drug-likeness (QED) is 0.644. The fraction of sp³-hybridized carbons (Fsp3) is 0.0714. The Labute approximate surface area is 114 Å². The maximum absolute atomic E-state index is 13.7. The second-order valence-corrected chi connectivity index (χ2v) is 4.17. The second-order valence-electron chi connectivity index (χ2n) is 4.17. The molecule has 0 saturated carbocycles. The lowest BCUT2D eigenvalue weighted by atomic mass is 10.1. The molecule has 0 saturated heterocycles. The number of carbonyl (C=O) groups is 1. The van der Waals surface area contributed by atoms with Crippen LogP contribution >= 0.6 is 0 Å². The van der Waals surface area contributed by atoms with Crippen molar-refractivity contribution in [2.75, 3.05) is 5.32 Å². The van der Waals surface area contributed by atoms with Gasteiger partial charge in [-0.3, -0.25) is 4.79 Å². The number of rotatable bonds is 3. The standard InChI is InChI=1S/C14H13FN2O3/c15-11-5-8(7-16)1-3-12(11)17-14(20)10-6-9(18)2-4-13(10)19/h1-6,18-19H,7,16H2,(H,17,20). The summed E-state index contributed by atoms with van der Waals surface area (Å²) in [6.45, 7) is 0.193. The first kappa shape index (κ1) is 13.8. The van der Waals surface area contributed by atoms with Crippen LogP contribution in [0.1, 0.15) is 15.9 Å². The van der Waals surface area contributed by atoms with Gasteiger partial charge >= 0.3 is 0 Å². The van der Waals surface area contributed by atoms with Crippen LogP contribution in [0.5, 0.6) is 11.5 Å². The van der Waals surface area contributed by atoms with Crippen LogP contribution in [0.3, 0.4) is 0 Å². The number of carbonyl (C=O) groups excluding carboxylic acids is 1. The van der Waals surface area contributed by atoms with E-state index in [1.165, 1.54) is 24.3 Å². The van der Waals surface area contributed by atoms with Gasteiger partial charge in [-0.05, 0) is 35.9 Å². The van der Waals surface area contributed by atoms with E-state index in [1.807, 2.05) is 0 Å². The zero-order valence-corrected chi connectivity index (χ0v) is 10.4. The first-order chi connectivity index (χ1) is 9.51. The van der Waals surface area contributed by atoms with Gasteiger partial charge in [0.1, 0.15) is 17.3 Å². The number of amides is 1. The number of anilines is 1. The molecule has 5 nitrogen and oxygen atoms in total. The molecule has 2 rings (SSSR count). The highest BCUT2D eigenvalue weighted by Gasteiger charge is 2.14. The number of nitrogens with two attached hydrogens (primary N) is 1. The van der Waals surface area contributed by atoms with Gasteiger partial charge in [-0.1, -0.05) is 6.07 Å². The molecular formula is C14H13FN2O3. The lowest BCUT2D eigenvalue weighted by Crippen LogP contribution is -2.13. The molecule has 0 aromatic heterocycles. The Bertz CT molecular complexity index is 659. The molecule has 0 spiro atoms. The van der Waals surface area contributed by atoms with Gasteiger partial charge in [0, 0.05) is 6.54 Å². The maximum atomic E-state index is 13.7. The minimum atomic E-state index is -0.724. The van der Waals surface area contributed by atoms with Crippen LogP contribution in [0.15, 0.2) is 36.4 Å². The molecule has 0 aliphatic carbocycles. The third-order valence-corrected chi connectivity index (χ3v) is 2.74. The van der Waals surface area contributed by atoms with E-state index in [-0.39, 0.29) is 29.3 Å². The van der Waals surface area contributed by atoms with Crippen LogP contribution in [0, 0.1) is 5.82 Å². The van der Waals surface area contributed by atoms with Gasteiger partial charge in [-0.25, -0.2) is 4.39 Å². The second kappa shape index (κ2) is 5.58. The number of benzene rings is 2. The van der Waals surface area contributed by atoms with Crippen LogP contribution in [0.2, 0.25) is 0 Å². The molecule has 5 N–H and O–H groups in total. The number of halogens is 1. The van der Waals surface area contributed by atoms with Crippen molar-refractivity contribution >= 4 is 11.6 Å². The molecular weight excluding hydrogens is 263 g/mol. The molecule has 2 aromatic carbocycles. The molecule has 0 aliphatic heterocycles. The van der Waals surface area contributed by atoms with Gasteiger partial charge in [-0.2, -0.15) is 0 Å². The van der Waals surface area contributed by atoms with Crippen LogP contribution in [0.4, 0.5) is 10.1 Å². The molecule has 0 bridgehead atoms. The van der Waals surface area contributed by atoms with Crippen molar-refractivity contribution in [2.45, 2.75) is 6.54 Å². The van der Waals surface area contributed by atoms with Gasteiger partial charge in [0.05, 0.1) is 11.3 Å². The van der Waals surface area contributed by atoms with Gasteiger partial charge in [0.25, 0.3) is 5.91 Å². The Morgan fingerprint density at radius 1 is 1.20 bits per heavy atom. The summed E-state index contributed by atoms with van der Waals surface area (Å²) in [6, 6.07) is 7.70. The van der Waals surface area contributed by atoms with E-state index in [1.54, 1.807) is 6.07 Å². The Balaban J connectivity index is 2.25. The Morgan fingerprint density at radius 3 is 2.60 bits per heavy atom. The molecule has 6 heteroatoms. The molecule has 0 radical (unpaired) electrons. The fourth-order valence-corrected chi connectivity index (χ4v) is 1.68. The summed E-state index contributed by atoms with van der Waals surface area (Å²) in [5, 5.41) is 21.2. The smallest absolute Gasteiger partial charge is 0.259 e. The molecule has 20 heavy (non-hydrogen) atoms. The van der Waals surface area contributed by atoms with Crippen LogP contribution in [-0.4, -0.2) is 16.1 Å². The monoisotopic (exact) mass is 276 g/mol. The molecule has 0 fully saturated rings. The number of phenols is 2. The summed E-state index contributed by atoms with van der Waals surface area (Å²) in [6.07, 6.45) is 0. The highest BCUT2D eigenvalue weighted by molar-refractivity contribution is 6.06. The summed E-state index contributed by atoms with van der Waals surface area (Å²) in [4.78, 5) is 11.9. The van der Waals surface area contributed by atoms with E-state index in [0.29, 0.717) is 5.56 Å². The minimum absolute atomic E-state index is 0.0325. The third-order valence-electron chi connectivity index (χ3n) is 2.74. The first-order valence-corrected chi connectivity index (χ1v) is 5.83. The van der Waals surface area contributed by atoms with Crippen LogP contribution in [0.25, 0.3) is 0 Å². The first-order valence-electron chi connectivity index (χ1n) is 5.83. The van der Waals surface area contributed by atoms with E-state index in [2.05, 4.69) is 5.32 Å². The van der Waals surface area contributed by atoms with Crippen molar-refractivity contribution in [3.05, 3.63) is 53.3 Å². The van der Waals surface area contributed by atoms with Crippen molar-refractivity contribution < 1.29 is 19.4 Å². The highest BCUT2D eigenvalue weighted by Crippen LogP contribution is 2.24. The maximum Gasteiger partial charge on any atom is 0.259 e. The minimum Gasteiger partial charge on any atom is -0.508 e. The van der Waals surface area contributed by atoms with E-state index in [9.17, 15) is 19.4 Å². The summed E-state index contributed by atoms with van der Waals surface area (Å²) in [7, 11) is 0. The van der Waals surface area contributed by atoms with Crippen molar-refractivity contribution in [2.24, 2.45) is 5.73 Å². The largest absolute Gasteiger partial charge is 0.508 e. The van der Waals surface area contributed by atoms with Crippen molar-refractivity contribution in [1.29, 1.82) is 0 Å². The summed E-state index contributed by atoms with van der Waals surface area (Å²) in [5.41, 5.74) is 5.80. The van der Waals surface area contributed by atoms with Crippen molar-refractivity contribution in [3.63, 3.8) is 0 Å². The molecule has 0 unspecified atom stereocenters. The molecule has 0 atom stereocenters. The number of hydrogen-bond donors (Lipinski definition) is 4. The zero-order chi connectivity index (χ0) is 14.7. The number of aromatic hydroxyl groups is 2. The predicted octanol–water partition coefficient (Wildman–Crippen LogP) is 1.95. The van der Waals surface area contributed by atoms with Gasteiger partial charge in [0.2, 0.25) is 0 Å². The summed E-state index contributed by atoms with van der Waals surface area (Å²) >= 11 is 0. The van der Waals surface area contributed by atoms with Gasteiger partial charge in [0.15, 0.2) is 0 Å². The lowest BCUT2D eigenvalue weighted by Gasteiger charge is -2.09. The normalized spacial score (nSPS) is 10.3. The Morgan fingerprint density at radius 2 is 1.95 bits per heavy atom. The zero-order valence-electron chi connectivity index (χ0n) is 10.4. The summed E-state index contributed by atoms with van der Waals surface area (Å²) in [5.74, 6) is -1.83. The van der Waals surface area contributed by atoms with E-state index in [4.69, 9.17) is 5.73 Å². The number of phenolic OH excluding ortho intramolecular Hbond substituents is 2. The average Bonchev–Trinajstić information content (AvgIpc) is 2.43. The molecule has 104 valence electrons. The predicted molar refractivity (Wildman–Crippen MR) is 72.0 cm³/mol. The van der Waals surface area contributed by atoms with Gasteiger partial charge in [-0.15, -0.1) is 0 Å². The Kier molecular flexibility index (Phi) is 3.86. The van der Waals surface area contributed by atoms with Gasteiger partial charge < -0.3 is 21.3 Å². The number of nitrogens with one attached hydrogen (secondary N) is 1. The van der Waals surface area contributed by atoms with Crippen molar-refractivity contribution in [1.82, 2.24) is 0 Å². The summed E-state index contributed by atoms with van der Waals surface area (Å²) < 4.78 is 13.7. The van der Waals surface area contributed by atoms with E-state index in [0.717, 1.165) is 6.07 Å². The van der Waals surface area contributed by atoms with Crippen LogP contribution < -0.4 is 11.1 Å². The molecule has 2 aromatic rings. The molecule has 1 amide bonds. The molecule has 0 heterocycles. The van der Waals surface area contributed by atoms with Crippen LogP contribution in [-0.2, 0) is 6.54 Å². The topological polar surface area (TPSA) is 95.6 Å². The number of hydrogen-bond acceptors (Lipinski definition) is 4. The average molecular weight is 276 g/mol. The lowest BCUT2D eigenvalue weighted by molar-refractivity contribution is 0.102. The van der Waals surface area contributed by atoms with Crippen molar-refractivity contribution in [3.8, 4) is 11.5 Å². The van der Waals surface area contributed by atoms with E-state index < -0.39 is 11.7 Å². The fourth-order valence-electron chi connectivity index (χ4n) is 1.68. The SMILES string of the molecule is NCc1ccc(NC(=O)c2cc(O)ccc2O)c(F)c1.